The van der Waals surface area contributed by atoms with Gasteiger partial charge < -0.3 is 4.98 Å². The van der Waals surface area contributed by atoms with Crippen molar-refractivity contribution in [3.05, 3.63) is 52.8 Å². The van der Waals surface area contributed by atoms with Crippen molar-refractivity contribution >= 4 is 21.2 Å². The van der Waals surface area contributed by atoms with Gasteiger partial charge in [-0.05, 0) is 25.0 Å². The largest absolute Gasteiger partial charge is 0.328 e. The lowest BCUT2D eigenvalue weighted by Gasteiger charge is -2.18. The first kappa shape index (κ1) is 16.0. The van der Waals surface area contributed by atoms with Gasteiger partial charge in [0, 0.05) is 13.1 Å². The number of hydrogen-bond acceptors (Lipinski definition) is 5. The summed E-state index contributed by atoms with van der Waals surface area (Å²) >= 11 is 0. The van der Waals surface area contributed by atoms with Crippen LogP contribution in [0.5, 0.6) is 0 Å². The Balaban J connectivity index is 1.69. The van der Waals surface area contributed by atoms with Crippen LogP contribution in [0.15, 0.2) is 46.5 Å². The molecule has 1 aromatic carbocycles. The molecule has 1 aliphatic rings. The number of hydrogen-bond donors (Lipinski definition) is 1. The molecule has 0 bridgehead atoms. The summed E-state index contributed by atoms with van der Waals surface area (Å²) in [6, 6.07) is 6.67. The van der Waals surface area contributed by atoms with Gasteiger partial charge in [-0.25, -0.2) is 23.2 Å². The number of aryl methyl sites for hydroxylation is 1. The Bertz CT molecular complexity index is 1100. The maximum Gasteiger partial charge on any atom is 0.328 e. The summed E-state index contributed by atoms with van der Waals surface area (Å²) in [5.74, 6) is 0. The van der Waals surface area contributed by atoms with Gasteiger partial charge in [0.15, 0.2) is 5.65 Å². The predicted octanol–water partition coefficient (Wildman–Crippen LogP) is 1.06. The van der Waals surface area contributed by atoms with Crippen molar-refractivity contribution < 1.29 is 8.42 Å². The number of benzene rings is 1. The number of nitrogens with zero attached hydrogens (tertiary/aromatic N) is 4. The molecule has 4 rings (SSSR count). The first-order valence-electron chi connectivity index (χ1n) is 7.94. The number of fused-ring (bicyclic) bond motifs is 1. The SMILES string of the molecule is Cc1ccccc1S(=O)(=O)N1CC[C@H](n2c(=O)[nH]c3cncnc32)C1. The molecular formula is C16H17N5O3S. The molecule has 3 aromatic rings. The molecule has 130 valence electrons. The lowest BCUT2D eigenvalue weighted by atomic mass is 10.2. The molecule has 25 heavy (non-hydrogen) atoms. The number of H-pyrrole nitrogens is 1. The fraction of sp³-hybridized carbons (Fsp3) is 0.312. The molecule has 0 aliphatic carbocycles. The third kappa shape index (κ3) is 2.56. The lowest BCUT2D eigenvalue weighted by molar-refractivity contribution is 0.450. The molecule has 9 heteroatoms. The van der Waals surface area contributed by atoms with E-state index in [9.17, 15) is 13.2 Å². The highest BCUT2D eigenvalue weighted by Crippen LogP contribution is 2.29. The van der Waals surface area contributed by atoms with Crippen LogP contribution in [0.4, 0.5) is 0 Å². The molecule has 1 fully saturated rings. The molecule has 1 atom stereocenters. The highest BCUT2D eigenvalue weighted by molar-refractivity contribution is 7.89. The van der Waals surface area contributed by atoms with Gasteiger partial charge in [-0.2, -0.15) is 4.31 Å². The zero-order chi connectivity index (χ0) is 17.6. The average Bonchev–Trinajstić information content (AvgIpc) is 3.18. The molecule has 2 aromatic heterocycles. The Morgan fingerprint density at radius 3 is 2.88 bits per heavy atom. The van der Waals surface area contributed by atoms with Gasteiger partial charge in [0.05, 0.1) is 17.1 Å². The van der Waals surface area contributed by atoms with Crippen molar-refractivity contribution in [1.82, 2.24) is 23.8 Å². The Hall–Kier alpha value is -2.52. The van der Waals surface area contributed by atoms with E-state index in [-0.39, 0.29) is 18.3 Å². The fourth-order valence-corrected chi connectivity index (χ4v) is 5.06. The van der Waals surface area contributed by atoms with Crippen LogP contribution in [0.1, 0.15) is 18.0 Å². The number of aromatic amines is 1. The summed E-state index contributed by atoms with van der Waals surface area (Å²) in [4.78, 5) is 23.4. The average molecular weight is 359 g/mol. The van der Waals surface area contributed by atoms with Gasteiger partial charge in [0.2, 0.25) is 10.0 Å². The van der Waals surface area contributed by atoms with E-state index >= 15 is 0 Å². The first-order chi connectivity index (χ1) is 12.0. The number of nitrogens with one attached hydrogen (secondary N) is 1. The van der Waals surface area contributed by atoms with Crippen molar-refractivity contribution in [2.45, 2.75) is 24.3 Å². The zero-order valence-electron chi connectivity index (χ0n) is 13.6. The van der Waals surface area contributed by atoms with E-state index in [1.165, 1.54) is 21.4 Å². The standard InChI is InChI=1S/C16H17N5O3S/c1-11-4-2-3-5-14(11)25(23,24)20-7-6-12(9-20)21-15-13(19-16(21)22)8-17-10-18-15/h2-5,8,10,12H,6-7,9H2,1H3,(H,19,22)/t12-/m0/s1. The Labute approximate surface area is 144 Å². The van der Waals surface area contributed by atoms with E-state index in [0.717, 1.165) is 0 Å². The van der Waals surface area contributed by atoms with Crippen LogP contribution in [-0.2, 0) is 10.0 Å². The smallest absolute Gasteiger partial charge is 0.303 e. The van der Waals surface area contributed by atoms with E-state index < -0.39 is 10.0 Å². The summed E-state index contributed by atoms with van der Waals surface area (Å²) in [6.07, 6.45) is 3.47. The lowest BCUT2D eigenvalue weighted by Crippen LogP contribution is -2.31. The van der Waals surface area contributed by atoms with Crippen molar-refractivity contribution in [3.63, 3.8) is 0 Å². The maximum atomic E-state index is 12.9. The summed E-state index contributed by atoms with van der Waals surface area (Å²) in [5.41, 5.74) is 1.46. The molecule has 0 saturated carbocycles. The minimum atomic E-state index is -3.58. The summed E-state index contributed by atoms with van der Waals surface area (Å²) in [6.45, 7) is 2.39. The Morgan fingerprint density at radius 2 is 2.08 bits per heavy atom. The molecule has 1 aliphatic heterocycles. The highest BCUT2D eigenvalue weighted by atomic mass is 32.2. The topological polar surface area (TPSA) is 101 Å². The molecular weight excluding hydrogens is 342 g/mol. The number of imidazole rings is 1. The second-order valence-corrected chi connectivity index (χ2v) is 8.04. The molecule has 3 heterocycles. The van der Waals surface area contributed by atoms with Crippen LogP contribution in [0.3, 0.4) is 0 Å². The van der Waals surface area contributed by atoms with Crippen molar-refractivity contribution in [1.29, 1.82) is 0 Å². The van der Waals surface area contributed by atoms with Crippen LogP contribution in [0.2, 0.25) is 0 Å². The molecule has 1 N–H and O–H groups in total. The van der Waals surface area contributed by atoms with Crippen molar-refractivity contribution in [2.24, 2.45) is 0 Å². The monoisotopic (exact) mass is 359 g/mol. The van der Waals surface area contributed by atoms with Gasteiger partial charge in [-0.1, -0.05) is 18.2 Å². The van der Waals surface area contributed by atoms with Crippen LogP contribution < -0.4 is 5.69 Å². The van der Waals surface area contributed by atoms with Crippen LogP contribution in [0.25, 0.3) is 11.2 Å². The first-order valence-corrected chi connectivity index (χ1v) is 9.38. The maximum absolute atomic E-state index is 12.9. The third-order valence-corrected chi connectivity index (χ3v) is 6.61. The third-order valence-electron chi connectivity index (χ3n) is 4.58. The minimum Gasteiger partial charge on any atom is -0.303 e. The van der Waals surface area contributed by atoms with Gasteiger partial charge in [-0.3, -0.25) is 4.57 Å². The van der Waals surface area contributed by atoms with E-state index in [2.05, 4.69) is 15.0 Å². The van der Waals surface area contributed by atoms with Crippen LogP contribution >= 0.6 is 0 Å². The van der Waals surface area contributed by atoms with Gasteiger partial charge in [-0.15, -0.1) is 0 Å². The van der Waals surface area contributed by atoms with E-state index in [1.54, 1.807) is 25.1 Å². The van der Waals surface area contributed by atoms with Crippen LogP contribution in [-0.4, -0.2) is 45.3 Å². The van der Waals surface area contributed by atoms with Crippen molar-refractivity contribution in [2.75, 3.05) is 13.1 Å². The highest BCUT2D eigenvalue weighted by Gasteiger charge is 2.35. The summed E-state index contributed by atoms with van der Waals surface area (Å²) in [5, 5.41) is 0. The number of rotatable bonds is 3. The van der Waals surface area contributed by atoms with Gasteiger partial charge >= 0.3 is 5.69 Å². The molecule has 0 unspecified atom stereocenters. The molecule has 0 spiro atoms. The van der Waals surface area contributed by atoms with Gasteiger partial charge in [0.25, 0.3) is 0 Å². The molecule has 8 nitrogen and oxygen atoms in total. The minimum absolute atomic E-state index is 0.244. The zero-order valence-corrected chi connectivity index (χ0v) is 14.4. The van der Waals surface area contributed by atoms with Crippen molar-refractivity contribution in [3.8, 4) is 0 Å². The Morgan fingerprint density at radius 1 is 1.28 bits per heavy atom. The van der Waals surface area contributed by atoms with E-state index in [0.29, 0.717) is 34.6 Å². The van der Waals surface area contributed by atoms with E-state index in [1.807, 2.05) is 6.07 Å². The fourth-order valence-electron chi connectivity index (χ4n) is 3.34. The molecule has 1 saturated heterocycles. The molecule has 0 amide bonds. The van der Waals surface area contributed by atoms with E-state index in [4.69, 9.17) is 0 Å². The summed E-state index contributed by atoms with van der Waals surface area (Å²) < 4.78 is 28.8. The quantitative estimate of drug-likeness (QED) is 0.754. The van der Waals surface area contributed by atoms with Crippen LogP contribution in [0, 0.1) is 6.92 Å². The number of sulfonamides is 1. The Kier molecular flexibility index (Phi) is 3.69. The second kappa shape index (κ2) is 5.78. The summed E-state index contributed by atoms with van der Waals surface area (Å²) in [7, 11) is -3.58. The molecule has 0 radical (unpaired) electrons. The second-order valence-electron chi connectivity index (χ2n) is 6.13. The predicted molar refractivity (Wildman–Crippen MR) is 91.7 cm³/mol. The van der Waals surface area contributed by atoms with Gasteiger partial charge in [0.1, 0.15) is 11.8 Å². The normalized spacial score (nSPS) is 18.8. The number of aromatic nitrogens is 4.